The normalized spacial score (nSPS) is 15.8. The van der Waals surface area contributed by atoms with Crippen LogP contribution >= 0.6 is 0 Å². The van der Waals surface area contributed by atoms with Gasteiger partial charge in [-0.1, -0.05) is 48.5 Å². The molecule has 2 amide bonds. The first kappa shape index (κ1) is 23.5. The van der Waals surface area contributed by atoms with Crippen molar-refractivity contribution in [2.24, 2.45) is 0 Å². The molecule has 1 aliphatic heterocycles. The number of amides is 2. The van der Waals surface area contributed by atoms with Crippen LogP contribution in [-0.2, 0) is 11.3 Å². The van der Waals surface area contributed by atoms with E-state index < -0.39 is 0 Å². The van der Waals surface area contributed by atoms with Gasteiger partial charge in [-0.3, -0.25) is 9.59 Å². The SMILES string of the molecule is CC(=O)N1CCN(c2nc3cc(C)ccc3cc2CN(C(=O)c2cccc3ccccc23)C2CC2)CC1. The maximum Gasteiger partial charge on any atom is 0.255 e. The number of benzene rings is 3. The summed E-state index contributed by atoms with van der Waals surface area (Å²) in [5, 5.41) is 3.16. The van der Waals surface area contributed by atoms with Gasteiger partial charge in [0.05, 0.1) is 5.52 Å². The summed E-state index contributed by atoms with van der Waals surface area (Å²) < 4.78 is 0. The second-order valence-electron chi connectivity index (χ2n) is 10.4. The second kappa shape index (κ2) is 9.51. The summed E-state index contributed by atoms with van der Waals surface area (Å²) in [5.74, 6) is 1.12. The Bertz CT molecular complexity index is 1500. The van der Waals surface area contributed by atoms with Gasteiger partial charge in [-0.15, -0.1) is 0 Å². The highest BCUT2D eigenvalue weighted by atomic mass is 16.2. The van der Waals surface area contributed by atoms with Crippen LogP contribution in [0, 0.1) is 6.92 Å². The molecule has 6 heteroatoms. The average molecular weight is 493 g/mol. The number of piperazine rings is 1. The van der Waals surface area contributed by atoms with Crippen molar-refractivity contribution in [3.8, 4) is 0 Å². The molecular formula is C31H32N4O2. The lowest BCUT2D eigenvalue weighted by molar-refractivity contribution is -0.129. The van der Waals surface area contributed by atoms with Crippen LogP contribution in [0.3, 0.4) is 0 Å². The molecule has 2 aliphatic rings. The monoisotopic (exact) mass is 492 g/mol. The summed E-state index contributed by atoms with van der Waals surface area (Å²) in [6, 6.07) is 22.9. The number of anilines is 1. The maximum absolute atomic E-state index is 14.0. The molecule has 2 heterocycles. The zero-order valence-electron chi connectivity index (χ0n) is 21.5. The molecule has 2 fully saturated rings. The Labute approximate surface area is 217 Å². The molecule has 1 saturated carbocycles. The summed E-state index contributed by atoms with van der Waals surface area (Å²) in [4.78, 5) is 37.3. The number of fused-ring (bicyclic) bond motifs is 2. The van der Waals surface area contributed by atoms with E-state index in [1.807, 2.05) is 40.1 Å². The Kier molecular flexibility index (Phi) is 6.03. The summed E-state index contributed by atoms with van der Waals surface area (Å²) >= 11 is 0. The minimum absolute atomic E-state index is 0.0793. The van der Waals surface area contributed by atoms with Crippen molar-refractivity contribution < 1.29 is 9.59 Å². The van der Waals surface area contributed by atoms with E-state index in [-0.39, 0.29) is 17.9 Å². The van der Waals surface area contributed by atoms with Crippen molar-refractivity contribution >= 4 is 39.3 Å². The number of rotatable bonds is 5. The van der Waals surface area contributed by atoms with Crippen LogP contribution in [-0.4, -0.2) is 58.8 Å². The fourth-order valence-electron chi connectivity index (χ4n) is 5.44. The number of hydrogen-bond donors (Lipinski definition) is 0. The average Bonchev–Trinajstić information content (AvgIpc) is 3.76. The third-order valence-electron chi connectivity index (χ3n) is 7.66. The van der Waals surface area contributed by atoms with E-state index >= 15 is 0 Å². The third kappa shape index (κ3) is 4.64. The molecule has 0 spiro atoms. The Morgan fingerprint density at radius 3 is 2.43 bits per heavy atom. The lowest BCUT2D eigenvalue weighted by Gasteiger charge is -2.36. The van der Waals surface area contributed by atoms with Gasteiger partial charge < -0.3 is 14.7 Å². The van der Waals surface area contributed by atoms with Crippen molar-refractivity contribution in [3.05, 3.63) is 83.4 Å². The van der Waals surface area contributed by atoms with E-state index in [9.17, 15) is 9.59 Å². The molecule has 4 aromatic rings. The first-order valence-corrected chi connectivity index (χ1v) is 13.2. The van der Waals surface area contributed by atoms with E-state index in [0.717, 1.165) is 64.6 Å². The third-order valence-corrected chi connectivity index (χ3v) is 7.66. The Hall–Kier alpha value is -3.93. The minimum atomic E-state index is 0.0793. The number of pyridine rings is 1. The number of carbonyl (C=O) groups excluding carboxylic acids is 2. The molecule has 188 valence electrons. The first-order chi connectivity index (χ1) is 18.0. The Balaban J connectivity index is 1.38. The molecule has 0 radical (unpaired) electrons. The summed E-state index contributed by atoms with van der Waals surface area (Å²) in [6.07, 6.45) is 2.06. The number of hydrogen-bond acceptors (Lipinski definition) is 4. The van der Waals surface area contributed by atoms with Crippen LogP contribution in [0.1, 0.15) is 41.3 Å². The molecule has 37 heavy (non-hydrogen) atoms. The lowest BCUT2D eigenvalue weighted by Crippen LogP contribution is -2.48. The van der Waals surface area contributed by atoms with E-state index in [1.165, 1.54) is 5.56 Å². The highest BCUT2D eigenvalue weighted by Gasteiger charge is 2.35. The Morgan fingerprint density at radius 2 is 1.68 bits per heavy atom. The second-order valence-corrected chi connectivity index (χ2v) is 10.4. The zero-order valence-corrected chi connectivity index (χ0v) is 21.5. The van der Waals surface area contributed by atoms with Gasteiger partial charge in [0.15, 0.2) is 0 Å². The standard InChI is InChI=1S/C31H32N4O2/c1-21-10-11-24-19-25(30(32-29(24)18-21)34-16-14-33(15-17-34)22(2)36)20-35(26-12-13-26)31(37)28-9-5-7-23-6-3-4-8-27(23)28/h3-11,18-19,26H,12-17,20H2,1-2H3. The van der Waals surface area contributed by atoms with E-state index in [0.29, 0.717) is 19.6 Å². The van der Waals surface area contributed by atoms with E-state index in [1.54, 1.807) is 6.92 Å². The Morgan fingerprint density at radius 1 is 0.919 bits per heavy atom. The van der Waals surface area contributed by atoms with Crippen LogP contribution in [0.25, 0.3) is 21.7 Å². The summed E-state index contributed by atoms with van der Waals surface area (Å²) in [5.41, 5.74) is 3.95. The van der Waals surface area contributed by atoms with Gasteiger partial charge in [-0.05, 0) is 54.3 Å². The molecule has 0 N–H and O–H groups in total. The highest BCUT2D eigenvalue weighted by molar-refractivity contribution is 6.07. The van der Waals surface area contributed by atoms with Gasteiger partial charge in [0.25, 0.3) is 5.91 Å². The molecule has 0 bridgehead atoms. The van der Waals surface area contributed by atoms with Crippen LogP contribution in [0.2, 0.25) is 0 Å². The van der Waals surface area contributed by atoms with Gasteiger partial charge in [0.1, 0.15) is 5.82 Å². The van der Waals surface area contributed by atoms with Crippen molar-refractivity contribution in [2.75, 3.05) is 31.1 Å². The molecule has 3 aromatic carbocycles. The summed E-state index contributed by atoms with van der Waals surface area (Å²) in [6.45, 7) is 7.07. The molecule has 1 aromatic heterocycles. The van der Waals surface area contributed by atoms with Gasteiger partial charge in [-0.25, -0.2) is 4.98 Å². The molecule has 0 unspecified atom stereocenters. The molecule has 1 saturated heterocycles. The minimum Gasteiger partial charge on any atom is -0.353 e. The van der Waals surface area contributed by atoms with Crippen molar-refractivity contribution in [2.45, 2.75) is 39.3 Å². The topological polar surface area (TPSA) is 56.8 Å². The first-order valence-electron chi connectivity index (χ1n) is 13.2. The van der Waals surface area contributed by atoms with Crippen molar-refractivity contribution in [3.63, 3.8) is 0 Å². The van der Waals surface area contributed by atoms with Gasteiger partial charge >= 0.3 is 0 Å². The van der Waals surface area contributed by atoms with Gasteiger partial charge in [0.2, 0.25) is 5.91 Å². The van der Waals surface area contributed by atoms with Crippen LogP contribution < -0.4 is 4.90 Å². The molecular weight excluding hydrogens is 460 g/mol. The smallest absolute Gasteiger partial charge is 0.255 e. The predicted molar refractivity (Wildman–Crippen MR) is 148 cm³/mol. The highest BCUT2D eigenvalue weighted by Crippen LogP contribution is 2.34. The van der Waals surface area contributed by atoms with Crippen LogP contribution in [0.4, 0.5) is 5.82 Å². The van der Waals surface area contributed by atoms with Crippen molar-refractivity contribution in [1.82, 2.24) is 14.8 Å². The quantitative estimate of drug-likeness (QED) is 0.386. The van der Waals surface area contributed by atoms with Crippen molar-refractivity contribution in [1.29, 1.82) is 0 Å². The molecule has 0 atom stereocenters. The number of carbonyl (C=O) groups is 2. The van der Waals surface area contributed by atoms with E-state index in [4.69, 9.17) is 4.98 Å². The fraction of sp³-hybridized carbons (Fsp3) is 0.323. The van der Waals surface area contributed by atoms with Crippen LogP contribution in [0.5, 0.6) is 0 Å². The number of aromatic nitrogens is 1. The number of nitrogens with zero attached hydrogens (tertiary/aromatic N) is 4. The zero-order chi connectivity index (χ0) is 25.5. The maximum atomic E-state index is 14.0. The summed E-state index contributed by atoms with van der Waals surface area (Å²) in [7, 11) is 0. The largest absolute Gasteiger partial charge is 0.353 e. The molecule has 1 aliphatic carbocycles. The molecule has 6 nitrogen and oxygen atoms in total. The van der Waals surface area contributed by atoms with Gasteiger partial charge in [-0.2, -0.15) is 0 Å². The van der Waals surface area contributed by atoms with Gasteiger partial charge in [0, 0.05) is 62.2 Å². The lowest BCUT2D eigenvalue weighted by atomic mass is 10.0. The van der Waals surface area contributed by atoms with E-state index in [2.05, 4.69) is 48.2 Å². The number of aryl methyl sites for hydroxylation is 1. The van der Waals surface area contributed by atoms with Crippen LogP contribution in [0.15, 0.2) is 66.7 Å². The predicted octanol–water partition coefficient (Wildman–Crippen LogP) is 5.17. The fourth-order valence-corrected chi connectivity index (χ4v) is 5.44. The molecule has 6 rings (SSSR count).